The topological polar surface area (TPSA) is 92.4 Å². The Balaban J connectivity index is 1.78. The predicted octanol–water partition coefficient (Wildman–Crippen LogP) is 0.555. The van der Waals surface area contributed by atoms with Crippen LogP contribution in [0.2, 0.25) is 0 Å². The summed E-state index contributed by atoms with van der Waals surface area (Å²) < 4.78 is 0. The Labute approximate surface area is 113 Å². The van der Waals surface area contributed by atoms with Crippen molar-refractivity contribution >= 4 is 11.8 Å². The Kier molecular flexibility index (Phi) is 4.80. The number of hydrogen-bond acceptors (Lipinski definition) is 3. The predicted molar refractivity (Wildman–Crippen MR) is 71.0 cm³/mol. The Morgan fingerprint density at radius 2 is 1.84 bits per heavy atom. The quantitative estimate of drug-likeness (QED) is 0.695. The Hall–Kier alpha value is -1.10. The molecule has 2 aliphatic carbocycles. The molecular weight excluding hydrogens is 244 g/mol. The number of nitrogens with one attached hydrogen (secondary N) is 1. The number of carbonyl (C=O) groups is 2. The van der Waals surface area contributed by atoms with E-state index in [4.69, 9.17) is 5.73 Å². The summed E-state index contributed by atoms with van der Waals surface area (Å²) in [6.07, 6.45) is 6.94. The summed E-state index contributed by atoms with van der Waals surface area (Å²) in [7, 11) is 0. The van der Waals surface area contributed by atoms with Gasteiger partial charge in [0.15, 0.2) is 0 Å². The minimum Gasteiger partial charge on any atom is -0.381 e. The fourth-order valence-electron chi connectivity index (χ4n) is 3.55. The fraction of sp³-hybridized carbons (Fsp3) is 0.857. The molecule has 2 fully saturated rings. The number of rotatable bonds is 4. The van der Waals surface area contributed by atoms with E-state index in [1.165, 1.54) is 25.7 Å². The first-order valence-electron chi connectivity index (χ1n) is 7.33. The van der Waals surface area contributed by atoms with Crippen molar-refractivity contribution in [1.82, 2.24) is 5.32 Å². The summed E-state index contributed by atoms with van der Waals surface area (Å²) in [5.74, 6) is 0.716. The lowest BCUT2D eigenvalue weighted by Gasteiger charge is -2.38. The lowest BCUT2D eigenvalue weighted by molar-refractivity contribution is -0.129. The van der Waals surface area contributed by atoms with Crippen molar-refractivity contribution in [3.63, 3.8) is 0 Å². The number of nitrogens with two attached hydrogens (primary N) is 1. The second-order valence-electron chi connectivity index (χ2n) is 5.98. The van der Waals surface area contributed by atoms with Crippen LogP contribution in [-0.4, -0.2) is 29.6 Å². The van der Waals surface area contributed by atoms with Gasteiger partial charge in [0.05, 0.1) is 6.54 Å². The zero-order valence-electron chi connectivity index (χ0n) is 11.3. The van der Waals surface area contributed by atoms with Gasteiger partial charge in [-0.05, 0) is 31.1 Å². The molecule has 5 nitrogen and oxygen atoms in total. The van der Waals surface area contributed by atoms with E-state index in [1.54, 1.807) is 0 Å². The number of carbonyl (C=O) groups excluding carboxylic acids is 2. The maximum absolute atomic E-state index is 12.0. The first-order chi connectivity index (χ1) is 9.08. The summed E-state index contributed by atoms with van der Waals surface area (Å²) in [5, 5.41) is 11.9. The first-order valence-corrected chi connectivity index (χ1v) is 7.33. The molecule has 0 aromatic carbocycles. The van der Waals surface area contributed by atoms with Gasteiger partial charge in [0.1, 0.15) is 6.10 Å². The molecule has 2 aliphatic rings. The molecule has 108 valence electrons. The monoisotopic (exact) mass is 268 g/mol. The summed E-state index contributed by atoms with van der Waals surface area (Å²) in [6.45, 7) is -0.0707. The Bertz CT molecular complexity index is 346. The molecule has 0 aliphatic heterocycles. The standard InChI is InChI=1S/C14H24N2O3/c15-13(18)12(17)8-16-14(19)11-6-5-9-3-1-2-4-10(9)7-11/h9-12,17H,1-8H2,(H2,15,18)(H,16,19). The molecule has 0 aromatic rings. The zero-order chi connectivity index (χ0) is 13.8. The molecule has 4 unspecified atom stereocenters. The molecule has 2 amide bonds. The highest BCUT2D eigenvalue weighted by Crippen LogP contribution is 2.42. The van der Waals surface area contributed by atoms with E-state index in [-0.39, 0.29) is 18.4 Å². The van der Waals surface area contributed by atoms with E-state index in [1.807, 2.05) is 0 Å². The van der Waals surface area contributed by atoms with Gasteiger partial charge in [0.2, 0.25) is 11.8 Å². The van der Waals surface area contributed by atoms with Crippen molar-refractivity contribution in [2.45, 2.75) is 51.0 Å². The number of hydrogen-bond donors (Lipinski definition) is 3. The molecule has 19 heavy (non-hydrogen) atoms. The van der Waals surface area contributed by atoms with Gasteiger partial charge in [-0.3, -0.25) is 9.59 Å². The van der Waals surface area contributed by atoms with Crippen molar-refractivity contribution in [2.24, 2.45) is 23.5 Å². The molecule has 0 saturated heterocycles. The highest BCUT2D eigenvalue weighted by molar-refractivity contribution is 5.82. The average molecular weight is 268 g/mol. The van der Waals surface area contributed by atoms with Gasteiger partial charge < -0.3 is 16.2 Å². The van der Waals surface area contributed by atoms with Crippen LogP contribution in [0.15, 0.2) is 0 Å². The second kappa shape index (κ2) is 6.37. The maximum Gasteiger partial charge on any atom is 0.248 e. The van der Waals surface area contributed by atoms with Crippen LogP contribution in [0.3, 0.4) is 0 Å². The summed E-state index contributed by atoms with van der Waals surface area (Å²) in [5.41, 5.74) is 4.95. The lowest BCUT2D eigenvalue weighted by atomic mass is 9.67. The minimum absolute atomic E-state index is 0.0377. The number of fused-ring (bicyclic) bond motifs is 1. The van der Waals surface area contributed by atoms with Gasteiger partial charge in [-0.1, -0.05) is 25.7 Å². The molecule has 2 rings (SSSR count). The van der Waals surface area contributed by atoms with Crippen LogP contribution >= 0.6 is 0 Å². The fourth-order valence-corrected chi connectivity index (χ4v) is 3.55. The molecule has 0 radical (unpaired) electrons. The van der Waals surface area contributed by atoms with E-state index in [0.29, 0.717) is 5.92 Å². The molecule has 2 saturated carbocycles. The van der Waals surface area contributed by atoms with Crippen LogP contribution in [0.5, 0.6) is 0 Å². The van der Waals surface area contributed by atoms with E-state index >= 15 is 0 Å². The highest BCUT2D eigenvalue weighted by Gasteiger charge is 2.35. The first kappa shape index (κ1) is 14.3. The average Bonchev–Trinajstić information content (AvgIpc) is 2.43. The van der Waals surface area contributed by atoms with E-state index in [2.05, 4.69) is 5.32 Å². The van der Waals surface area contributed by atoms with Gasteiger partial charge >= 0.3 is 0 Å². The van der Waals surface area contributed by atoms with Crippen LogP contribution in [0.4, 0.5) is 0 Å². The second-order valence-corrected chi connectivity index (χ2v) is 5.98. The summed E-state index contributed by atoms with van der Waals surface area (Å²) in [6, 6.07) is 0. The normalized spacial score (nSPS) is 32.2. The van der Waals surface area contributed by atoms with Crippen molar-refractivity contribution in [3.8, 4) is 0 Å². The van der Waals surface area contributed by atoms with Crippen molar-refractivity contribution in [3.05, 3.63) is 0 Å². The molecular formula is C14H24N2O3. The maximum atomic E-state index is 12.0. The van der Waals surface area contributed by atoms with Crippen LogP contribution in [0.1, 0.15) is 44.9 Å². The van der Waals surface area contributed by atoms with E-state index in [9.17, 15) is 14.7 Å². The third-order valence-electron chi connectivity index (χ3n) is 4.71. The molecule has 4 atom stereocenters. The van der Waals surface area contributed by atoms with Gasteiger partial charge in [-0.2, -0.15) is 0 Å². The molecule has 5 heteroatoms. The highest BCUT2D eigenvalue weighted by atomic mass is 16.3. The van der Waals surface area contributed by atoms with Gasteiger partial charge in [0, 0.05) is 5.92 Å². The van der Waals surface area contributed by atoms with Gasteiger partial charge in [0.25, 0.3) is 0 Å². The van der Waals surface area contributed by atoms with E-state index in [0.717, 1.165) is 25.2 Å². The number of aliphatic hydroxyl groups is 1. The van der Waals surface area contributed by atoms with Crippen LogP contribution in [-0.2, 0) is 9.59 Å². The van der Waals surface area contributed by atoms with Gasteiger partial charge in [-0.25, -0.2) is 0 Å². The molecule has 0 bridgehead atoms. The van der Waals surface area contributed by atoms with Crippen molar-refractivity contribution in [2.75, 3.05) is 6.54 Å². The number of primary amides is 1. The third-order valence-corrected chi connectivity index (χ3v) is 4.71. The largest absolute Gasteiger partial charge is 0.381 e. The number of aliphatic hydroxyl groups excluding tert-OH is 1. The van der Waals surface area contributed by atoms with E-state index < -0.39 is 12.0 Å². The molecule has 0 spiro atoms. The van der Waals surface area contributed by atoms with Crippen molar-refractivity contribution < 1.29 is 14.7 Å². The third kappa shape index (κ3) is 3.69. The zero-order valence-corrected chi connectivity index (χ0v) is 11.3. The smallest absolute Gasteiger partial charge is 0.248 e. The molecule has 4 N–H and O–H groups in total. The summed E-state index contributed by atoms with van der Waals surface area (Å²) >= 11 is 0. The summed E-state index contributed by atoms with van der Waals surface area (Å²) in [4.78, 5) is 22.7. The van der Waals surface area contributed by atoms with Crippen LogP contribution < -0.4 is 11.1 Å². The van der Waals surface area contributed by atoms with Crippen LogP contribution in [0, 0.1) is 17.8 Å². The molecule has 0 heterocycles. The Morgan fingerprint density at radius 3 is 2.53 bits per heavy atom. The lowest BCUT2D eigenvalue weighted by Crippen LogP contribution is -2.43. The van der Waals surface area contributed by atoms with Crippen molar-refractivity contribution in [1.29, 1.82) is 0 Å². The minimum atomic E-state index is -1.28. The van der Waals surface area contributed by atoms with Crippen LogP contribution in [0.25, 0.3) is 0 Å². The number of amides is 2. The Morgan fingerprint density at radius 1 is 1.16 bits per heavy atom. The molecule has 0 aromatic heterocycles. The SMILES string of the molecule is NC(=O)C(O)CNC(=O)C1CCC2CCCCC2C1. The van der Waals surface area contributed by atoms with Gasteiger partial charge in [-0.15, -0.1) is 0 Å².